The van der Waals surface area contributed by atoms with Crippen molar-refractivity contribution >= 4 is 33.7 Å². The number of fused-ring (bicyclic) bond motifs is 1. The SMILES string of the molecule is CC(C)n1c(=O)c(-c2cc(F)c(NS(=O)CCC(F)(F)F)c(F)c2F)cc2cnc(NC3CCC(N(C)C)C(F)C3)nc21. The molecule has 0 spiro atoms. The van der Waals surface area contributed by atoms with Gasteiger partial charge in [-0.2, -0.15) is 18.2 Å². The molecule has 4 rings (SSSR count). The van der Waals surface area contributed by atoms with Crippen molar-refractivity contribution in [3.8, 4) is 11.1 Å². The Morgan fingerprint density at radius 1 is 1.12 bits per heavy atom. The summed E-state index contributed by atoms with van der Waals surface area (Å²) in [5.74, 6) is -5.85. The lowest BCUT2D eigenvalue weighted by Gasteiger charge is -2.35. The highest BCUT2D eigenvalue weighted by molar-refractivity contribution is 7.86. The van der Waals surface area contributed by atoms with E-state index in [4.69, 9.17) is 0 Å². The van der Waals surface area contributed by atoms with Crippen molar-refractivity contribution in [2.75, 3.05) is 29.9 Å². The first-order chi connectivity index (χ1) is 20.1. The minimum absolute atomic E-state index is 0.145. The first-order valence-corrected chi connectivity index (χ1v) is 14.8. The molecule has 1 aliphatic carbocycles. The highest BCUT2D eigenvalue weighted by atomic mass is 32.2. The van der Waals surface area contributed by atoms with Crippen molar-refractivity contribution in [3.05, 3.63) is 46.1 Å². The molecule has 2 heterocycles. The van der Waals surface area contributed by atoms with E-state index in [-0.39, 0.29) is 35.5 Å². The number of halogens is 7. The van der Waals surface area contributed by atoms with Crippen LogP contribution in [0.25, 0.3) is 22.2 Å². The molecule has 4 unspecified atom stereocenters. The third-order valence-corrected chi connectivity index (χ3v) is 8.27. The molecule has 0 saturated heterocycles. The van der Waals surface area contributed by atoms with Crippen LogP contribution in [-0.4, -0.2) is 67.9 Å². The average Bonchev–Trinajstić information content (AvgIpc) is 2.91. The van der Waals surface area contributed by atoms with E-state index in [0.717, 1.165) is 0 Å². The van der Waals surface area contributed by atoms with Crippen molar-refractivity contribution in [2.45, 2.75) is 70.0 Å². The summed E-state index contributed by atoms with van der Waals surface area (Å²) >= 11 is 0. The number of rotatable bonds is 9. The van der Waals surface area contributed by atoms with Gasteiger partial charge >= 0.3 is 6.18 Å². The van der Waals surface area contributed by atoms with E-state index in [1.165, 1.54) is 16.8 Å². The van der Waals surface area contributed by atoms with Gasteiger partial charge in [0, 0.05) is 41.7 Å². The van der Waals surface area contributed by atoms with E-state index in [1.807, 2.05) is 19.0 Å². The molecule has 2 aromatic heterocycles. The van der Waals surface area contributed by atoms with Gasteiger partial charge in [0.25, 0.3) is 5.56 Å². The standard InChI is InChI=1S/C27H31F7N6O2S/c1-13(2)40-24-14(12-35-26(37-24)36-15-5-6-20(39(3)4)18(28)10-15)9-17(25(40)41)16-11-19(29)23(22(31)21(16)30)38-43(42)8-7-27(32,33)34/h9,11-13,15,18,20,38H,5-8,10H2,1-4H3,(H,35,36,37). The van der Waals surface area contributed by atoms with E-state index in [9.17, 15) is 35.3 Å². The van der Waals surface area contributed by atoms with E-state index in [1.54, 1.807) is 18.6 Å². The fourth-order valence-electron chi connectivity index (χ4n) is 5.11. The molecule has 1 aromatic carbocycles. The van der Waals surface area contributed by atoms with Crippen LogP contribution < -0.4 is 15.6 Å². The maximum atomic E-state index is 15.2. The molecular formula is C27H31F7N6O2S. The average molecular weight is 637 g/mol. The highest BCUT2D eigenvalue weighted by Gasteiger charge is 2.32. The largest absolute Gasteiger partial charge is 0.390 e. The molecule has 16 heteroatoms. The third kappa shape index (κ3) is 7.28. The van der Waals surface area contributed by atoms with Crippen LogP contribution in [0.1, 0.15) is 45.6 Å². The van der Waals surface area contributed by atoms with Gasteiger partial charge in [0.2, 0.25) is 5.95 Å². The quantitative estimate of drug-likeness (QED) is 0.231. The molecule has 2 N–H and O–H groups in total. The molecule has 1 aliphatic rings. The van der Waals surface area contributed by atoms with Gasteiger partial charge in [-0.3, -0.25) is 14.1 Å². The topological polar surface area (TPSA) is 92.1 Å². The maximum absolute atomic E-state index is 15.2. The molecule has 1 saturated carbocycles. The fourth-order valence-corrected chi connectivity index (χ4v) is 6.05. The molecule has 236 valence electrons. The second-order valence-electron chi connectivity index (χ2n) is 10.9. The molecule has 1 fully saturated rings. The van der Waals surface area contributed by atoms with Crippen LogP contribution in [0.15, 0.2) is 23.1 Å². The minimum atomic E-state index is -4.65. The summed E-state index contributed by atoms with van der Waals surface area (Å²) in [4.78, 5) is 24.1. The molecule has 0 bridgehead atoms. The summed E-state index contributed by atoms with van der Waals surface area (Å²) in [7, 11) is 1.07. The number of nitrogens with one attached hydrogen (secondary N) is 2. The highest BCUT2D eigenvalue weighted by Crippen LogP contribution is 2.33. The number of aromatic nitrogens is 3. The second kappa shape index (κ2) is 12.8. The zero-order chi connectivity index (χ0) is 31.8. The number of anilines is 2. The summed E-state index contributed by atoms with van der Waals surface area (Å²) in [6, 6.07) is 0.682. The monoisotopic (exact) mass is 636 g/mol. The lowest BCUT2D eigenvalue weighted by atomic mass is 9.89. The molecule has 4 atom stereocenters. The van der Waals surface area contributed by atoms with Crippen molar-refractivity contribution < 1.29 is 34.9 Å². The Morgan fingerprint density at radius 3 is 2.42 bits per heavy atom. The van der Waals surface area contributed by atoms with Crippen molar-refractivity contribution in [3.63, 3.8) is 0 Å². The Hall–Kier alpha value is -3.27. The van der Waals surface area contributed by atoms with Crippen molar-refractivity contribution in [1.29, 1.82) is 0 Å². The Labute approximate surface area is 245 Å². The number of hydrogen-bond donors (Lipinski definition) is 2. The van der Waals surface area contributed by atoms with Gasteiger partial charge in [0.05, 0.1) is 17.7 Å². The van der Waals surface area contributed by atoms with Crippen molar-refractivity contribution in [2.24, 2.45) is 0 Å². The number of pyridine rings is 1. The van der Waals surface area contributed by atoms with Crippen LogP contribution >= 0.6 is 0 Å². The Morgan fingerprint density at radius 2 is 1.81 bits per heavy atom. The summed E-state index contributed by atoms with van der Waals surface area (Å²) in [6.07, 6.45) is -4.34. The van der Waals surface area contributed by atoms with Crippen LogP contribution in [0.4, 0.5) is 42.4 Å². The molecule has 8 nitrogen and oxygen atoms in total. The molecule has 0 aliphatic heterocycles. The van der Waals surface area contributed by atoms with Crippen LogP contribution in [0.5, 0.6) is 0 Å². The number of benzene rings is 1. The lowest BCUT2D eigenvalue weighted by molar-refractivity contribution is -0.129. The van der Waals surface area contributed by atoms with Gasteiger partial charge in [-0.15, -0.1) is 0 Å². The van der Waals surface area contributed by atoms with E-state index in [2.05, 4.69) is 15.3 Å². The molecule has 0 amide bonds. The Bertz CT molecular complexity index is 1580. The fraction of sp³-hybridized carbons (Fsp3) is 0.519. The predicted octanol–water partition coefficient (Wildman–Crippen LogP) is 5.72. The van der Waals surface area contributed by atoms with Gasteiger partial charge < -0.3 is 10.2 Å². The second-order valence-corrected chi connectivity index (χ2v) is 12.2. The zero-order valence-corrected chi connectivity index (χ0v) is 24.6. The van der Waals surface area contributed by atoms with Crippen LogP contribution in [0.3, 0.4) is 0 Å². The smallest absolute Gasteiger partial charge is 0.351 e. The van der Waals surface area contributed by atoms with E-state index in [0.29, 0.717) is 18.9 Å². The summed E-state index contributed by atoms with van der Waals surface area (Å²) in [5.41, 5.74) is -3.07. The van der Waals surface area contributed by atoms with Crippen LogP contribution in [0.2, 0.25) is 0 Å². The molecule has 0 radical (unpaired) electrons. The zero-order valence-electron chi connectivity index (χ0n) is 23.7. The summed E-state index contributed by atoms with van der Waals surface area (Å²) < 4.78 is 112. The predicted molar refractivity (Wildman–Crippen MR) is 150 cm³/mol. The maximum Gasteiger partial charge on any atom is 0.390 e. The van der Waals surface area contributed by atoms with E-state index >= 15 is 4.39 Å². The molecular weight excluding hydrogens is 605 g/mol. The lowest BCUT2D eigenvalue weighted by Crippen LogP contribution is -2.44. The third-order valence-electron chi connectivity index (χ3n) is 7.26. The van der Waals surface area contributed by atoms with Gasteiger partial charge in [-0.05, 0) is 52.9 Å². The van der Waals surface area contributed by atoms with Gasteiger partial charge in [-0.1, -0.05) is 0 Å². The minimum Gasteiger partial charge on any atom is -0.351 e. The van der Waals surface area contributed by atoms with Crippen LogP contribution in [-0.2, 0) is 11.0 Å². The Balaban J connectivity index is 1.68. The van der Waals surface area contributed by atoms with Gasteiger partial charge in [-0.25, -0.2) is 26.8 Å². The van der Waals surface area contributed by atoms with Crippen molar-refractivity contribution in [1.82, 2.24) is 19.4 Å². The normalized spacial score (nSPS) is 20.2. The van der Waals surface area contributed by atoms with Gasteiger partial charge in [0.15, 0.2) is 17.5 Å². The summed E-state index contributed by atoms with van der Waals surface area (Å²) in [6.45, 7) is 3.30. The molecule has 43 heavy (non-hydrogen) atoms. The Kier molecular flexibility index (Phi) is 9.69. The first-order valence-electron chi connectivity index (χ1n) is 13.5. The molecule has 3 aromatic rings. The van der Waals surface area contributed by atoms with E-state index < -0.39 is 81.4 Å². The first kappa shape index (κ1) is 32.6. The number of alkyl halides is 4. The van der Waals surface area contributed by atoms with Gasteiger partial charge in [0.1, 0.15) is 28.5 Å². The summed E-state index contributed by atoms with van der Waals surface area (Å²) in [5, 5.41) is 3.35. The number of hydrogen-bond acceptors (Lipinski definition) is 6. The van der Waals surface area contributed by atoms with Crippen LogP contribution in [0, 0.1) is 17.5 Å². The number of nitrogens with zero attached hydrogens (tertiary/aromatic N) is 4.